The molecule has 0 radical (unpaired) electrons. The number of Topliss-reactive ketones (excluding diaryl/α,β-unsaturated/α-hetero) is 1. The van der Waals surface area contributed by atoms with Crippen molar-refractivity contribution in [2.75, 3.05) is 18.0 Å². The highest BCUT2D eigenvalue weighted by molar-refractivity contribution is 5.86. The molecule has 0 amide bonds. The predicted octanol–water partition coefficient (Wildman–Crippen LogP) is 1.38. The van der Waals surface area contributed by atoms with Gasteiger partial charge in [0.05, 0.1) is 6.54 Å². The third kappa shape index (κ3) is 2.14. The molecule has 1 aromatic rings. The lowest BCUT2D eigenvalue weighted by Gasteiger charge is -2.16. The Morgan fingerprint density at radius 2 is 2.20 bits per heavy atom. The summed E-state index contributed by atoms with van der Waals surface area (Å²) in [5.41, 5.74) is 1.03. The zero-order chi connectivity index (χ0) is 10.8. The molecule has 15 heavy (non-hydrogen) atoms. The van der Waals surface area contributed by atoms with Crippen LogP contribution in [-0.4, -0.2) is 28.8 Å². The van der Waals surface area contributed by atoms with Crippen molar-refractivity contribution in [3.05, 3.63) is 18.1 Å². The first kappa shape index (κ1) is 10.1. The minimum Gasteiger partial charge on any atom is -0.349 e. The molecule has 1 aliphatic rings. The van der Waals surface area contributed by atoms with E-state index in [9.17, 15) is 4.79 Å². The second-order valence-electron chi connectivity index (χ2n) is 4.17. The SMILES string of the molecule is CC(C)c1cc(N2CCC(=O)C2)ncn1. The molecule has 0 aromatic carbocycles. The van der Waals surface area contributed by atoms with Gasteiger partial charge in [0.2, 0.25) is 0 Å². The molecule has 0 atom stereocenters. The van der Waals surface area contributed by atoms with Gasteiger partial charge in [-0.15, -0.1) is 0 Å². The first-order valence-corrected chi connectivity index (χ1v) is 5.25. The molecule has 2 rings (SSSR count). The highest BCUT2D eigenvalue weighted by Gasteiger charge is 2.20. The molecule has 0 N–H and O–H groups in total. The first-order valence-electron chi connectivity index (χ1n) is 5.25. The second kappa shape index (κ2) is 3.96. The smallest absolute Gasteiger partial charge is 0.153 e. The van der Waals surface area contributed by atoms with Crippen LogP contribution in [0.5, 0.6) is 0 Å². The molecule has 2 heterocycles. The number of hydrogen-bond acceptors (Lipinski definition) is 4. The van der Waals surface area contributed by atoms with Crippen molar-refractivity contribution >= 4 is 11.6 Å². The maximum atomic E-state index is 11.2. The van der Waals surface area contributed by atoms with Crippen LogP contribution in [0.3, 0.4) is 0 Å². The van der Waals surface area contributed by atoms with Gasteiger partial charge in [-0.2, -0.15) is 0 Å². The monoisotopic (exact) mass is 205 g/mol. The molecular weight excluding hydrogens is 190 g/mol. The van der Waals surface area contributed by atoms with E-state index in [2.05, 4.69) is 23.8 Å². The lowest BCUT2D eigenvalue weighted by atomic mass is 10.1. The average molecular weight is 205 g/mol. The third-order valence-corrected chi connectivity index (χ3v) is 2.62. The number of aromatic nitrogens is 2. The zero-order valence-electron chi connectivity index (χ0n) is 9.10. The summed E-state index contributed by atoms with van der Waals surface area (Å²) < 4.78 is 0. The van der Waals surface area contributed by atoms with Crippen LogP contribution in [0.25, 0.3) is 0 Å². The van der Waals surface area contributed by atoms with Crippen LogP contribution in [-0.2, 0) is 4.79 Å². The molecule has 1 fully saturated rings. The van der Waals surface area contributed by atoms with Gasteiger partial charge in [-0.05, 0) is 5.92 Å². The molecule has 4 nitrogen and oxygen atoms in total. The molecule has 1 saturated heterocycles. The van der Waals surface area contributed by atoms with E-state index < -0.39 is 0 Å². The minimum atomic E-state index is 0.291. The van der Waals surface area contributed by atoms with Crippen LogP contribution in [0.2, 0.25) is 0 Å². The zero-order valence-corrected chi connectivity index (χ0v) is 9.10. The molecule has 1 aromatic heterocycles. The molecule has 0 aliphatic carbocycles. The van der Waals surface area contributed by atoms with Crippen LogP contribution in [0.15, 0.2) is 12.4 Å². The minimum absolute atomic E-state index is 0.291. The number of ketones is 1. The van der Waals surface area contributed by atoms with Gasteiger partial charge in [0.25, 0.3) is 0 Å². The van der Waals surface area contributed by atoms with Crippen molar-refractivity contribution in [2.24, 2.45) is 0 Å². The van der Waals surface area contributed by atoms with E-state index >= 15 is 0 Å². The van der Waals surface area contributed by atoms with E-state index in [1.807, 2.05) is 11.0 Å². The maximum Gasteiger partial charge on any atom is 0.153 e. The fraction of sp³-hybridized carbons (Fsp3) is 0.545. The Morgan fingerprint density at radius 3 is 2.80 bits per heavy atom. The average Bonchev–Trinajstić information content (AvgIpc) is 2.65. The molecule has 1 aliphatic heterocycles. The largest absolute Gasteiger partial charge is 0.349 e. The predicted molar refractivity (Wildman–Crippen MR) is 58.0 cm³/mol. The standard InChI is InChI=1S/C11H15N3O/c1-8(2)10-5-11(13-7-12-10)14-4-3-9(15)6-14/h5,7-8H,3-4,6H2,1-2H3. The summed E-state index contributed by atoms with van der Waals surface area (Å²) >= 11 is 0. The number of carbonyl (C=O) groups is 1. The summed E-state index contributed by atoms with van der Waals surface area (Å²) in [5, 5.41) is 0. The lowest BCUT2D eigenvalue weighted by molar-refractivity contribution is -0.116. The highest BCUT2D eigenvalue weighted by Crippen LogP contribution is 2.19. The Bertz CT molecular complexity index is 376. The van der Waals surface area contributed by atoms with Gasteiger partial charge in [-0.25, -0.2) is 9.97 Å². The van der Waals surface area contributed by atoms with Gasteiger partial charge in [0.1, 0.15) is 12.1 Å². The quantitative estimate of drug-likeness (QED) is 0.731. The van der Waals surface area contributed by atoms with Crippen LogP contribution in [0, 0.1) is 0 Å². The Kier molecular flexibility index (Phi) is 2.66. The van der Waals surface area contributed by atoms with Gasteiger partial charge >= 0.3 is 0 Å². The molecule has 0 spiro atoms. The molecule has 80 valence electrons. The Balaban J connectivity index is 2.21. The lowest BCUT2D eigenvalue weighted by Crippen LogP contribution is -2.21. The number of nitrogens with zero attached hydrogens (tertiary/aromatic N) is 3. The van der Waals surface area contributed by atoms with E-state index in [0.29, 0.717) is 24.7 Å². The number of carbonyl (C=O) groups excluding carboxylic acids is 1. The maximum absolute atomic E-state index is 11.2. The van der Waals surface area contributed by atoms with Crippen molar-refractivity contribution in [1.82, 2.24) is 9.97 Å². The fourth-order valence-corrected chi connectivity index (χ4v) is 1.68. The van der Waals surface area contributed by atoms with Crippen molar-refractivity contribution in [3.63, 3.8) is 0 Å². The van der Waals surface area contributed by atoms with Crippen LogP contribution in [0.4, 0.5) is 5.82 Å². The molecule has 0 bridgehead atoms. The summed E-state index contributed by atoms with van der Waals surface area (Å²) in [7, 11) is 0. The molecular formula is C11H15N3O. The Hall–Kier alpha value is -1.45. The topological polar surface area (TPSA) is 46.1 Å². The van der Waals surface area contributed by atoms with Gasteiger partial charge in [0, 0.05) is 24.7 Å². The van der Waals surface area contributed by atoms with Crippen LogP contribution < -0.4 is 4.90 Å². The first-order chi connectivity index (χ1) is 7.16. The number of hydrogen-bond donors (Lipinski definition) is 0. The number of rotatable bonds is 2. The van der Waals surface area contributed by atoms with Crippen LogP contribution in [0.1, 0.15) is 31.9 Å². The van der Waals surface area contributed by atoms with E-state index in [1.54, 1.807) is 6.33 Å². The van der Waals surface area contributed by atoms with Gasteiger partial charge in [-0.3, -0.25) is 4.79 Å². The summed E-state index contributed by atoms with van der Waals surface area (Å²) in [6.07, 6.45) is 2.22. The fourth-order valence-electron chi connectivity index (χ4n) is 1.68. The summed E-state index contributed by atoms with van der Waals surface area (Å²) in [4.78, 5) is 21.6. The summed E-state index contributed by atoms with van der Waals surface area (Å²) in [6.45, 7) is 5.48. The van der Waals surface area contributed by atoms with E-state index in [1.165, 1.54) is 0 Å². The van der Waals surface area contributed by atoms with Crippen molar-refractivity contribution in [2.45, 2.75) is 26.2 Å². The Labute approximate surface area is 89.3 Å². The number of anilines is 1. The van der Waals surface area contributed by atoms with E-state index in [0.717, 1.165) is 18.1 Å². The second-order valence-corrected chi connectivity index (χ2v) is 4.17. The highest BCUT2D eigenvalue weighted by atomic mass is 16.1. The van der Waals surface area contributed by atoms with Gasteiger partial charge < -0.3 is 4.90 Å². The van der Waals surface area contributed by atoms with Crippen LogP contribution >= 0.6 is 0 Å². The summed E-state index contributed by atoms with van der Waals surface area (Å²) in [6, 6.07) is 1.98. The third-order valence-electron chi connectivity index (χ3n) is 2.62. The Morgan fingerprint density at radius 1 is 1.40 bits per heavy atom. The van der Waals surface area contributed by atoms with Gasteiger partial charge in [-0.1, -0.05) is 13.8 Å². The van der Waals surface area contributed by atoms with Crippen molar-refractivity contribution in [1.29, 1.82) is 0 Å². The molecule has 0 saturated carbocycles. The van der Waals surface area contributed by atoms with Crippen molar-refractivity contribution in [3.8, 4) is 0 Å². The van der Waals surface area contributed by atoms with E-state index in [-0.39, 0.29) is 0 Å². The summed E-state index contributed by atoms with van der Waals surface area (Å²) in [5.74, 6) is 1.56. The normalized spacial score (nSPS) is 16.5. The van der Waals surface area contributed by atoms with Gasteiger partial charge in [0.15, 0.2) is 5.78 Å². The molecule has 4 heteroatoms. The molecule has 0 unspecified atom stereocenters. The van der Waals surface area contributed by atoms with E-state index in [4.69, 9.17) is 0 Å². The van der Waals surface area contributed by atoms with Crippen molar-refractivity contribution < 1.29 is 4.79 Å².